The van der Waals surface area contributed by atoms with Gasteiger partial charge in [-0.2, -0.15) is 0 Å². The average molecular weight is 510 g/mol. The molecule has 3 unspecified atom stereocenters. The molecule has 1 fully saturated rings. The number of aromatic nitrogens is 1. The van der Waals surface area contributed by atoms with Crippen LogP contribution in [0.2, 0.25) is 0 Å². The highest BCUT2D eigenvalue weighted by Gasteiger charge is 2.28. The van der Waals surface area contributed by atoms with Crippen molar-refractivity contribution in [2.24, 2.45) is 0 Å². The summed E-state index contributed by atoms with van der Waals surface area (Å²) >= 11 is 0. The number of carbonyl (C=O) groups is 3. The van der Waals surface area contributed by atoms with Gasteiger partial charge in [0.05, 0.1) is 5.69 Å². The lowest BCUT2D eigenvalue weighted by molar-refractivity contribution is -0.145. The van der Waals surface area contributed by atoms with E-state index < -0.39 is 36.0 Å². The molecule has 11 nitrogen and oxygen atoms in total. The fourth-order valence-corrected chi connectivity index (χ4v) is 4.01. The van der Waals surface area contributed by atoms with E-state index in [0.717, 1.165) is 5.69 Å². The first kappa shape index (κ1) is 31.4. The number of hydrogen-bond acceptors (Lipinski definition) is 8. The summed E-state index contributed by atoms with van der Waals surface area (Å²) in [6.45, 7) is 13.0. The standard InChI is InChI=1S/C23H37N5O6.C2H6/c1-17(21(29)30)26-10-8-25(16-20-6-4-5-7-24-20)9-11-27(18(2)22(31)32)13-15-28(14-12-26)19(3)23(33)34;1-2/h4-7,17-19H,8-16H2,1-3H3,(H,29,30)(H,31,32)(H,33,34);1-2H3. The maximum atomic E-state index is 11.7. The van der Waals surface area contributed by atoms with Crippen LogP contribution in [-0.2, 0) is 20.9 Å². The summed E-state index contributed by atoms with van der Waals surface area (Å²) in [6, 6.07) is 3.48. The third kappa shape index (κ3) is 10.2. The minimum absolute atomic E-state index is 0.362. The van der Waals surface area contributed by atoms with Crippen molar-refractivity contribution < 1.29 is 29.7 Å². The van der Waals surface area contributed by atoms with Gasteiger partial charge >= 0.3 is 17.9 Å². The van der Waals surface area contributed by atoms with Gasteiger partial charge in [0.2, 0.25) is 0 Å². The third-order valence-electron chi connectivity index (χ3n) is 6.58. The minimum atomic E-state index is -0.968. The predicted molar refractivity (Wildman–Crippen MR) is 137 cm³/mol. The second kappa shape index (κ2) is 16.2. The molecule has 2 rings (SSSR count). The lowest BCUT2D eigenvalue weighted by Crippen LogP contribution is -2.53. The van der Waals surface area contributed by atoms with Crippen LogP contribution in [0.4, 0.5) is 0 Å². The Morgan fingerprint density at radius 3 is 1.39 bits per heavy atom. The van der Waals surface area contributed by atoms with E-state index in [4.69, 9.17) is 0 Å². The van der Waals surface area contributed by atoms with E-state index in [9.17, 15) is 29.7 Å². The van der Waals surface area contributed by atoms with Crippen molar-refractivity contribution in [2.75, 3.05) is 52.4 Å². The second-order valence-corrected chi connectivity index (χ2v) is 8.75. The molecule has 0 saturated carbocycles. The van der Waals surface area contributed by atoms with Crippen LogP contribution in [-0.4, -0.2) is 128 Å². The van der Waals surface area contributed by atoms with Crippen molar-refractivity contribution in [2.45, 2.75) is 59.3 Å². The number of rotatable bonds is 8. The van der Waals surface area contributed by atoms with Gasteiger partial charge in [0, 0.05) is 65.1 Å². The van der Waals surface area contributed by atoms with E-state index in [2.05, 4.69) is 9.88 Å². The lowest BCUT2D eigenvalue weighted by Gasteiger charge is -2.37. The number of nitrogens with zero attached hydrogens (tertiary/aromatic N) is 5. The smallest absolute Gasteiger partial charge is 0.320 e. The zero-order valence-electron chi connectivity index (χ0n) is 22.2. The molecular formula is C25H43N5O6. The van der Waals surface area contributed by atoms with Gasteiger partial charge in [0.25, 0.3) is 0 Å². The monoisotopic (exact) mass is 509 g/mol. The third-order valence-corrected chi connectivity index (χ3v) is 6.58. The molecule has 2 heterocycles. The van der Waals surface area contributed by atoms with Crippen molar-refractivity contribution in [1.82, 2.24) is 24.6 Å². The Labute approximate surface area is 214 Å². The van der Waals surface area contributed by atoms with Crippen LogP contribution in [0.15, 0.2) is 24.4 Å². The lowest BCUT2D eigenvalue weighted by atomic mass is 10.2. The summed E-state index contributed by atoms with van der Waals surface area (Å²) in [5.41, 5.74) is 0.881. The molecule has 0 bridgehead atoms. The van der Waals surface area contributed by atoms with Gasteiger partial charge in [-0.05, 0) is 32.9 Å². The summed E-state index contributed by atoms with van der Waals surface area (Å²) in [6.07, 6.45) is 1.72. The Morgan fingerprint density at radius 1 is 0.722 bits per heavy atom. The van der Waals surface area contributed by atoms with Gasteiger partial charge in [-0.1, -0.05) is 19.9 Å². The molecule has 1 aromatic rings. The van der Waals surface area contributed by atoms with Crippen LogP contribution in [0.3, 0.4) is 0 Å². The first-order valence-corrected chi connectivity index (χ1v) is 12.6. The van der Waals surface area contributed by atoms with E-state index in [0.29, 0.717) is 58.9 Å². The predicted octanol–water partition coefficient (Wildman–Crippen LogP) is 1.25. The van der Waals surface area contributed by atoms with Crippen LogP contribution in [0.5, 0.6) is 0 Å². The SMILES string of the molecule is CC.CC(C(=O)O)N1CCN(Cc2ccccn2)CCN(C(C)C(=O)O)CCN(C(C)C(=O)O)CC1. The molecule has 204 valence electrons. The Kier molecular flexibility index (Phi) is 14.1. The molecular weight excluding hydrogens is 466 g/mol. The first-order valence-electron chi connectivity index (χ1n) is 12.6. The van der Waals surface area contributed by atoms with E-state index in [-0.39, 0.29) is 0 Å². The molecule has 0 aromatic carbocycles. The molecule has 3 N–H and O–H groups in total. The molecule has 1 saturated heterocycles. The molecule has 1 aliphatic heterocycles. The summed E-state index contributed by atoms with van der Waals surface area (Å²) < 4.78 is 0. The van der Waals surface area contributed by atoms with Crippen molar-refractivity contribution in [1.29, 1.82) is 0 Å². The topological polar surface area (TPSA) is 138 Å². The highest BCUT2D eigenvalue weighted by Crippen LogP contribution is 2.10. The molecule has 1 aliphatic rings. The zero-order chi connectivity index (χ0) is 27.3. The quantitative estimate of drug-likeness (QED) is 0.467. The number of pyridine rings is 1. The Bertz CT molecular complexity index is 775. The molecule has 36 heavy (non-hydrogen) atoms. The molecule has 0 amide bonds. The molecule has 0 spiro atoms. The zero-order valence-corrected chi connectivity index (χ0v) is 22.2. The highest BCUT2D eigenvalue weighted by molar-refractivity contribution is 5.73. The van der Waals surface area contributed by atoms with Crippen molar-refractivity contribution in [3.05, 3.63) is 30.1 Å². The molecule has 3 atom stereocenters. The first-order chi connectivity index (χ1) is 17.1. The van der Waals surface area contributed by atoms with Gasteiger partial charge in [-0.3, -0.25) is 39.0 Å². The van der Waals surface area contributed by atoms with Gasteiger partial charge < -0.3 is 15.3 Å². The second-order valence-electron chi connectivity index (χ2n) is 8.75. The molecule has 11 heteroatoms. The maximum Gasteiger partial charge on any atom is 0.320 e. The highest BCUT2D eigenvalue weighted by atomic mass is 16.4. The number of aliphatic carboxylic acids is 3. The van der Waals surface area contributed by atoms with Gasteiger partial charge in [-0.15, -0.1) is 0 Å². The Hall–Kier alpha value is -2.60. The van der Waals surface area contributed by atoms with Gasteiger partial charge in [0.1, 0.15) is 18.1 Å². The average Bonchev–Trinajstić information content (AvgIpc) is 2.86. The van der Waals surface area contributed by atoms with Crippen LogP contribution < -0.4 is 0 Å². The van der Waals surface area contributed by atoms with Crippen molar-refractivity contribution in [3.8, 4) is 0 Å². The number of carboxylic acids is 3. The number of hydrogen-bond donors (Lipinski definition) is 3. The van der Waals surface area contributed by atoms with E-state index in [1.807, 2.05) is 41.8 Å². The summed E-state index contributed by atoms with van der Waals surface area (Å²) in [4.78, 5) is 47.1. The van der Waals surface area contributed by atoms with E-state index >= 15 is 0 Å². The summed E-state index contributed by atoms with van der Waals surface area (Å²) in [7, 11) is 0. The van der Waals surface area contributed by atoms with E-state index in [1.54, 1.807) is 31.9 Å². The maximum absolute atomic E-state index is 11.7. The largest absolute Gasteiger partial charge is 0.480 e. The normalized spacial score (nSPS) is 20.0. The van der Waals surface area contributed by atoms with E-state index in [1.165, 1.54) is 0 Å². The fourth-order valence-electron chi connectivity index (χ4n) is 4.01. The Balaban J connectivity index is 0.00000316. The van der Waals surface area contributed by atoms with Crippen LogP contribution in [0.25, 0.3) is 0 Å². The number of carboxylic acid groups (broad SMARTS) is 3. The Morgan fingerprint density at radius 2 is 1.08 bits per heavy atom. The van der Waals surface area contributed by atoms with Gasteiger partial charge in [-0.25, -0.2) is 0 Å². The van der Waals surface area contributed by atoms with Gasteiger partial charge in [0.15, 0.2) is 0 Å². The fraction of sp³-hybridized carbons (Fsp3) is 0.680. The molecule has 1 aromatic heterocycles. The summed E-state index contributed by atoms with van der Waals surface area (Å²) in [5.74, 6) is -2.82. The van der Waals surface area contributed by atoms with Crippen LogP contribution in [0.1, 0.15) is 40.3 Å². The minimum Gasteiger partial charge on any atom is -0.480 e. The van der Waals surface area contributed by atoms with Crippen molar-refractivity contribution >= 4 is 17.9 Å². The van der Waals surface area contributed by atoms with Crippen molar-refractivity contribution in [3.63, 3.8) is 0 Å². The molecule has 0 radical (unpaired) electrons. The molecule has 0 aliphatic carbocycles. The summed E-state index contributed by atoms with van der Waals surface area (Å²) in [5, 5.41) is 28.8. The van der Waals surface area contributed by atoms with Crippen LogP contribution >= 0.6 is 0 Å². The van der Waals surface area contributed by atoms with Crippen LogP contribution in [0, 0.1) is 0 Å².